The number of ether oxygens (including phenoxy) is 2. The Labute approximate surface area is 126 Å². The van der Waals surface area contributed by atoms with E-state index in [-0.39, 0.29) is 5.91 Å². The molecule has 22 heavy (non-hydrogen) atoms. The number of amides is 1. The van der Waals surface area contributed by atoms with Crippen LogP contribution in [0.5, 0.6) is 5.75 Å². The highest BCUT2D eigenvalue weighted by Gasteiger charge is 2.65. The molecule has 6 nitrogen and oxygen atoms in total. The average molecular weight is 300 g/mol. The van der Waals surface area contributed by atoms with E-state index in [1.54, 1.807) is 42.4 Å². The molecule has 4 atom stereocenters. The number of fused-ring (bicyclic) bond motifs is 1. The molecule has 1 aromatic carbocycles. The van der Waals surface area contributed by atoms with Crippen molar-refractivity contribution in [3.05, 3.63) is 36.4 Å². The lowest BCUT2D eigenvalue weighted by atomic mass is 9.77. The van der Waals surface area contributed by atoms with Crippen molar-refractivity contribution in [2.75, 3.05) is 18.6 Å². The summed E-state index contributed by atoms with van der Waals surface area (Å²) in [7, 11) is 1.55. The van der Waals surface area contributed by atoms with Crippen LogP contribution in [0.4, 0.5) is 5.69 Å². The van der Waals surface area contributed by atoms with Crippen LogP contribution in [0.15, 0.2) is 36.4 Å². The van der Waals surface area contributed by atoms with E-state index < -0.39 is 29.5 Å². The molecule has 2 bridgehead atoms. The summed E-state index contributed by atoms with van der Waals surface area (Å²) < 4.78 is 11.0. The smallest absolute Gasteiger partial charge is 0.234 e. The Balaban J connectivity index is 1.73. The molecule has 114 valence electrons. The number of methoxy groups -OCH3 is 1. The number of benzene rings is 1. The van der Waals surface area contributed by atoms with E-state index in [0.29, 0.717) is 18.0 Å². The first-order chi connectivity index (χ1) is 10.6. The molecule has 4 rings (SSSR count). The SMILES string of the molecule is COc1cccc(N2C[C@]34C=C[C@@H](O3)[C@H](C(=O)[O-])[C@@H]4C2=O)c1. The van der Waals surface area contributed by atoms with Gasteiger partial charge < -0.3 is 24.3 Å². The predicted octanol–water partition coefficient (Wildman–Crippen LogP) is -0.269. The van der Waals surface area contributed by atoms with E-state index in [1.165, 1.54) is 0 Å². The first-order valence-electron chi connectivity index (χ1n) is 7.09. The largest absolute Gasteiger partial charge is 0.550 e. The predicted molar refractivity (Wildman–Crippen MR) is 74.1 cm³/mol. The van der Waals surface area contributed by atoms with Gasteiger partial charge in [-0.25, -0.2) is 0 Å². The zero-order valence-corrected chi connectivity index (χ0v) is 11.9. The van der Waals surface area contributed by atoms with Gasteiger partial charge in [-0.15, -0.1) is 0 Å². The molecular formula is C16H14NO5-. The molecule has 1 aromatic rings. The minimum absolute atomic E-state index is 0.241. The zero-order chi connectivity index (χ0) is 15.5. The highest BCUT2D eigenvalue weighted by molar-refractivity contribution is 6.02. The van der Waals surface area contributed by atoms with Crippen LogP contribution in [0.1, 0.15) is 0 Å². The summed E-state index contributed by atoms with van der Waals surface area (Å²) in [4.78, 5) is 25.7. The Morgan fingerprint density at radius 2 is 2.32 bits per heavy atom. The monoisotopic (exact) mass is 300 g/mol. The molecule has 2 fully saturated rings. The standard InChI is InChI=1S/C16H15NO5/c1-21-10-4-2-3-9(7-10)17-8-16-6-5-11(22-16)12(15(19)20)13(16)14(17)18/h2-7,11-13H,8H2,1H3,(H,19,20)/p-1/t11-,12+,13-,16+/m1/s1. The number of carboxylic acid groups (broad SMARTS) is 1. The first kappa shape index (κ1) is 13.3. The van der Waals surface area contributed by atoms with Crippen LogP contribution in [-0.4, -0.2) is 37.2 Å². The fourth-order valence-electron chi connectivity index (χ4n) is 3.76. The second kappa shape index (κ2) is 4.33. The van der Waals surface area contributed by atoms with Crippen LogP contribution in [0.3, 0.4) is 0 Å². The summed E-state index contributed by atoms with van der Waals surface area (Å²) in [5, 5.41) is 11.4. The van der Waals surface area contributed by atoms with Gasteiger partial charge in [0, 0.05) is 23.6 Å². The number of rotatable bonds is 3. The Morgan fingerprint density at radius 3 is 3.05 bits per heavy atom. The lowest BCUT2D eigenvalue weighted by molar-refractivity contribution is -0.313. The molecule has 0 unspecified atom stereocenters. The summed E-state index contributed by atoms with van der Waals surface area (Å²) in [6.45, 7) is 0.306. The molecule has 0 aliphatic carbocycles. The van der Waals surface area contributed by atoms with E-state index in [0.717, 1.165) is 0 Å². The van der Waals surface area contributed by atoms with Gasteiger partial charge >= 0.3 is 0 Å². The van der Waals surface area contributed by atoms with Crippen LogP contribution in [0, 0.1) is 11.8 Å². The van der Waals surface area contributed by atoms with Gasteiger partial charge in [-0.05, 0) is 12.1 Å². The van der Waals surface area contributed by atoms with Gasteiger partial charge in [-0.2, -0.15) is 0 Å². The molecule has 0 saturated carbocycles. The maximum atomic E-state index is 12.8. The molecular weight excluding hydrogens is 286 g/mol. The van der Waals surface area contributed by atoms with Crippen molar-refractivity contribution in [2.24, 2.45) is 11.8 Å². The molecule has 0 aromatic heterocycles. The van der Waals surface area contributed by atoms with E-state index in [1.807, 2.05) is 6.08 Å². The number of carbonyl (C=O) groups is 2. The third kappa shape index (κ3) is 1.58. The van der Waals surface area contributed by atoms with Crippen molar-refractivity contribution in [2.45, 2.75) is 11.7 Å². The highest BCUT2D eigenvalue weighted by atomic mass is 16.5. The molecule has 0 N–H and O–H groups in total. The van der Waals surface area contributed by atoms with Gasteiger partial charge in [-0.1, -0.05) is 18.2 Å². The van der Waals surface area contributed by atoms with Crippen LogP contribution >= 0.6 is 0 Å². The second-order valence-corrected chi connectivity index (χ2v) is 5.84. The van der Waals surface area contributed by atoms with E-state index in [9.17, 15) is 14.7 Å². The van der Waals surface area contributed by atoms with Gasteiger partial charge in [0.1, 0.15) is 11.4 Å². The van der Waals surface area contributed by atoms with E-state index >= 15 is 0 Å². The van der Waals surface area contributed by atoms with Gasteiger partial charge in [0.15, 0.2) is 0 Å². The summed E-state index contributed by atoms with van der Waals surface area (Å²) >= 11 is 0. The number of carbonyl (C=O) groups excluding carboxylic acids is 2. The van der Waals surface area contributed by atoms with Gasteiger partial charge in [-0.3, -0.25) is 4.79 Å². The Hall–Kier alpha value is -2.34. The Bertz CT molecular complexity index is 700. The third-order valence-electron chi connectivity index (χ3n) is 4.74. The molecule has 1 amide bonds. The van der Waals surface area contributed by atoms with Crippen molar-refractivity contribution >= 4 is 17.6 Å². The lowest BCUT2D eigenvalue weighted by Crippen LogP contribution is -2.45. The normalized spacial score (nSPS) is 35.0. The van der Waals surface area contributed by atoms with Crippen molar-refractivity contribution in [1.82, 2.24) is 0 Å². The van der Waals surface area contributed by atoms with Gasteiger partial charge in [0.25, 0.3) is 0 Å². The number of anilines is 1. The summed E-state index contributed by atoms with van der Waals surface area (Å²) in [6, 6.07) is 7.12. The molecule has 3 aliphatic rings. The van der Waals surface area contributed by atoms with Crippen molar-refractivity contribution in [1.29, 1.82) is 0 Å². The van der Waals surface area contributed by atoms with Crippen LogP contribution in [-0.2, 0) is 14.3 Å². The number of hydrogen-bond donors (Lipinski definition) is 0. The maximum Gasteiger partial charge on any atom is 0.234 e. The molecule has 0 radical (unpaired) electrons. The Morgan fingerprint density at radius 1 is 1.50 bits per heavy atom. The Kier molecular flexibility index (Phi) is 2.62. The quantitative estimate of drug-likeness (QED) is 0.718. The first-order valence-corrected chi connectivity index (χ1v) is 7.09. The number of carboxylic acids is 1. The van der Waals surface area contributed by atoms with Gasteiger partial charge in [0.05, 0.1) is 25.7 Å². The average Bonchev–Trinajstić information content (AvgIpc) is 3.15. The van der Waals surface area contributed by atoms with Crippen molar-refractivity contribution < 1.29 is 24.2 Å². The van der Waals surface area contributed by atoms with Crippen LogP contribution in [0.25, 0.3) is 0 Å². The summed E-state index contributed by atoms with van der Waals surface area (Å²) in [5.74, 6) is -2.49. The van der Waals surface area contributed by atoms with Crippen LogP contribution < -0.4 is 14.7 Å². The molecule has 6 heteroatoms. The fourth-order valence-corrected chi connectivity index (χ4v) is 3.76. The molecule has 3 aliphatic heterocycles. The molecule has 3 heterocycles. The zero-order valence-electron chi connectivity index (χ0n) is 11.9. The minimum Gasteiger partial charge on any atom is -0.550 e. The topological polar surface area (TPSA) is 78.9 Å². The van der Waals surface area contributed by atoms with Gasteiger partial charge in [0.2, 0.25) is 5.91 Å². The van der Waals surface area contributed by atoms with E-state index in [4.69, 9.17) is 9.47 Å². The van der Waals surface area contributed by atoms with Crippen LogP contribution in [0.2, 0.25) is 0 Å². The summed E-state index contributed by atoms with van der Waals surface area (Å²) in [6.07, 6.45) is 2.98. The third-order valence-corrected chi connectivity index (χ3v) is 4.74. The van der Waals surface area contributed by atoms with E-state index in [2.05, 4.69) is 0 Å². The molecule has 1 spiro atoms. The summed E-state index contributed by atoms with van der Waals surface area (Å²) in [5.41, 5.74) is -0.180. The van der Waals surface area contributed by atoms with Crippen molar-refractivity contribution in [3.8, 4) is 5.75 Å². The second-order valence-electron chi connectivity index (χ2n) is 5.84. The maximum absolute atomic E-state index is 12.8. The number of nitrogens with zero attached hydrogens (tertiary/aromatic N) is 1. The lowest BCUT2D eigenvalue weighted by Gasteiger charge is -2.24. The minimum atomic E-state index is -1.23. The number of hydrogen-bond acceptors (Lipinski definition) is 5. The fraction of sp³-hybridized carbons (Fsp3) is 0.375. The highest BCUT2D eigenvalue weighted by Crippen LogP contribution is 2.52. The molecule has 2 saturated heterocycles. The number of aliphatic carboxylic acids is 1. The van der Waals surface area contributed by atoms with Crippen molar-refractivity contribution in [3.63, 3.8) is 0 Å².